The van der Waals surface area contributed by atoms with Crippen molar-refractivity contribution in [2.45, 2.75) is 6.54 Å². The van der Waals surface area contributed by atoms with E-state index in [1.807, 2.05) is 29.6 Å². The average molecular weight is 436 g/mol. The molecular weight excluding hydrogens is 416 g/mol. The highest BCUT2D eigenvalue weighted by Gasteiger charge is 2.18. The lowest BCUT2D eigenvalue weighted by Gasteiger charge is -2.12. The second-order valence-electron chi connectivity index (χ2n) is 6.67. The molecule has 8 nitrogen and oxygen atoms in total. The second-order valence-corrected chi connectivity index (χ2v) is 7.53. The van der Waals surface area contributed by atoms with Crippen LogP contribution < -0.4 is 26.2 Å². The Hall–Kier alpha value is -3.85. The fraction of sp³-hybridized carbons (Fsp3) is 0.136. The Labute approximate surface area is 181 Å². The lowest BCUT2D eigenvalue weighted by molar-refractivity contribution is -0.116. The van der Waals surface area contributed by atoms with Crippen LogP contribution in [0.3, 0.4) is 0 Å². The summed E-state index contributed by atoms with van der Waals surface area (Å²) in [4.78, 5) is 29.8. The number of anilines is 2. The fourth-order valence-electron chi connectivity index (χ4n) is 3.30. The number of amides is 1. The highest BCUT2D eigenvalue weighted by Crippen LogP contribution is 2.36. The van der Waals surface area contributed by atoms with E-state index in [0.29, 0.717) is 21.7 Å². The van der Waals surface area contributed by atoms with E-state index in [9.17, 15) is 9.59 Å². The summed E-state index contributed by atoms with van der Waals surface area (Å²) in [7, 11) is 3.13. The number of carbonyl (C=O) groups is 1. The van der Waals surface area contributed by atoms with Crippen LogP contribution in [0, 0.1) is 0 Å². The van der Waals surface area contributed by atoms with E-state index in [0.717, 1.165) is 16.9 Å². The van der Waals surface area contributed by atoms with Gasteiger partial charge in [0.1, 0.15) is 28.7 Å². The summed E-state index contributed by atoms with van der Waals surface area (Å²) < 4.78 is 11.8. The average Bonchev–Trinajstić information content (AvgIpc) is 3.23. The van der Waals surface area contributed by atoms with Crippen molar-refractivity contribution in [2.24, 2.45) is 0 Å². The predicted octanol–water partition coefficient (Wildman–Crippen LogP) is 3.36. The van der Waals surface area contributed by atoms with Crippen molar-refractivity contribution in [1.29, 1.82) is 0 Å². The minimum Gasteiger partial charge on any atom is -0.497 e. The minimum atomic E-state index is -0.580. The van der Waals surface area contributed by atoms with Crippen molar-refractivity contribution in [1.82, 2.24) is 9.55 Å². The van der Waals surface area contributed by atoms with Gasteiger partial charge in [0.25, 0.3) is 0 Å². The van der Waals surface area contributed by atoms with Gasteiger partial charge in [0.15, 0.2) is 0 Å². The molecule has 0 saturated heterocycles. The van der Waals surface area contributed by atoms with E-state index in [-0.39, 0.29) is 18.3 Å². The number of rotatable bonds is 6. The quantitative estimate of drug-likeness (QED) is 0.480. The topological polar surface area (TPSA) is 108 Å². The number of ether oxygens (including phenoxy) is 2. The number of benzene rings is 2. The molecule has 3 N–H and O–H groups in total. The number of nitrogens with zero attached hydrogens (tertiary/aromatic N) is 2. The number of nitrogen functional groups attached to an aromatic ring is 1. The molecule has 9 heteroatoms. The molecule has 4 aromatic rings. The molecule has 0 aliphatic carbocycles. The van der Waals surface area contributed by atoms with Gasteiger partial charge in [-0.2, -0.15) is 4.98 Å². The number of hydrogen-bond acceptors (Lipinski definition) is 7. The van der Waals surface area contributed by atoms with E-state index in [4.69, 9.17) is 15.2 Å². The smallest absolute Gasteiger partial charge is 0.351 e. The molecule has 2 aromatic carbocycles. The minimum absolute atomic E-state index is 0.133. The third-order valence-electron chi connectivity index (χ3n) is 4.80. The maximum Gasteiger partial charge on any atom is 0.351 e. The number of nitrogens with two attached hydrogens (primary N) is 1. The Kier molecular flexibility index (Phi) is 5.59. The molecule has 2 aromatic heterocycles. The molecule has 31 heavy (non-hydrogen) atoms. The number of thiophene rings is 1. The Morgan fingerprint density at radius 2 is 1.87 bits per heavy atom. The van der Waals surface area contributed by atoms with Crippen molar-refractivity contribution in [3.05, 3.63) is 64.4 Å². The monoisotopic (exact) mass is 436 g/mol. The molecule has 0 bridgehead atoms. The van der Waals surface area contributed by atoms with E-state index in [2.05, 4.69) is 10.3 Å². The van der Waals surface area contributed by atoms with Crippen molar-refractivity contribution >= 4 is 39.0 Å². The van der Waals surface area contributed by atoms with Gasteiger partial charge >= 0.3 is 5.69 Å². The molecule has 0 aliphatic rings. The molecule has 0 spiro atoms. The van der Waals surface area contributed by atoms with Gasteiger partial charge in [0, 0.05) is 10.9 Å². The van der Waals surface area contributed by atoms with Crippen molar-refractivity contribution in [2.75, 3.05) is 25.3 Å². The lowest BCUT2D eigenvalue weighted by atomic mass is 10.1. The Morgan fingerprint density at radius 3 is 2.58 bits per heavy atom. The Morgan fingerprint density at radius 1 is 1.13 bits per heavy atom. The van der Waals surface area contributed by atoms with Crippen LogP contribution >= 0.6 is 11.3 Å². The predicted molar refractivity (Wildman–Crippen MR) is 122 cm³/mol. The number of fused-ring (bicyclic) bond motifs is 1. The molecule has 4 rings (SSSR count). The molecule has 2 heterocycles. The van der Waals surface area contributed by atoms with Crippen LogP contribution in [-0.2, 0) is 11.3 Å². The standard InChI is InChI=1S/C22H20N4O4S/c1-29-14-9-7-13(8-10-14)15-12-31-21-19(15)20(23)25-22(28)26(21)11-18(27)24-16-5-3-4-6-17(16)30-2/h3-10,12H,11H2,1-2H3,(H,24,27)(H2,23,25,28). The van der Waals surface area contributed by atoms with Gasteiger partial charge in [-0.1, -0.05) is 24.3 Å². The number of aromatic nitrogens is 2. The molecule has 0 saturated carbocycles. The third kappa shape index (κ3) is 3.95. The Balaban J connectivity index is 1.70. The summed E-state index contributed by atoms with van der Waals surface area (Å²) in [5, 5.41) is 5.32. The first kappa shape index (κ1) is 20.4. The van der Waals surface area contributed by atoms with Gasteiger partial charge in [-0.05, 0) is 29.8 Å². The molecular formula is C22H20N4O4S. The summed E-state index contributed by atoms with van der Waals surface area (Å²) in [6, 6.07) is 14.6. The van der Waals surface area contributed by atoms with Crippen LogP contribution in [0.15, 0.2) is 58.7 Å². The van der Waals surface area contributed by atoms with Crippen LogP contribution in [0.1, 0.15) is 0 Å². The van der Waals surface area contributed by atoms with Gasteiger partial charge in [-0.15, -0.1) is 11.3 Å². The second kappa shape index (κ2) is 8.49. The normalized spacial score (nSPS) is 10.8. The first-order chi connectivity index (χ1) is 15.0. The van der Waals surface area contributed by atoms with Crippen LogP contribution in [0.5, 0.6) is 11.5 Å². The molecule has 0 aliphatic heterocycles. The SMILES string of the molecule is COc1ccc(-c2csc3c2c(N)nc(=O)n3CC(=O)Nc2ccccc2OC)cc1. The highest BCUT2D eigenvalue weighted by molar-refractivity contribution is 7.17. The van der Waals surface area contributed by atoms with Gasteiger partial charge in [-0.25, -0.2) is 4.79 Å². The van der Waals surface area contributed by atoms with Crippen molar-refractivity contribution < 1.29 is 14.3 Å². The zero-order valence-corrected chi connectivity index (χ0v) is 17.7. The van der Waals surface area contributed by atoms with Gasteiger partial charge < -0.3 is 20.5 Å². The van der Waals surface area contributed by atoms with Gasteiger partial charge in [0.05, 0.1) is 25.3 Å². The Bertz CT molecular complexity index is 1310. The maximum absolute atomic E-state index is 12.7. The van der Waals surface area contributed by atoms with Crippen LogP contribution in [-0.4, -0.2) is 29.7 Å². The van der Waals surface area contributed by atoms with Gasteiger partial charge in [-0.3, -0.25) is 9.36 Å². The van der Waals surface area contributed by atoms with E-state index in [1.54, 1.807) is 31.4 Å². The summed E-state index contributed by atoms with van der Waals surface area (Å²) in [6.07, 6.45) is 0. The summed E-state index contributed by atoms with van der Waals surface area (Å²) in [5.74, 6) is 1.02. The van der Waals surface area contributed by atoms with E-state index in [1.165, 1.54) is 23.0 Å². The molecule has 0 radical (unpaired) electrons. The van der Waals surface area contributed by atoms with Crippen LogP contribution in [0.4, 0.5) is 11.5 Å². The van der Waals surface area contributed by atoms with Gasteiger partial charge in [0.2, 0.25) is 5.91 Å². The van der Waals surface area contributed by atoms with Crippen LogP contribution in [0.25, 0.3) is 21.3 Å². The molecule has 0 fully saturated rings. The van der Waals surface area contributed by atoms with E-state index >= 15 is 0 Å². The molecule has 158 valence electrons. The fourth-order valence-corrected chi connectivity index (χ4v) is 4.39. The summed E-state index contributed by atoms with van der Waals surface area (Å²) in [5.41, 5.74) is 7.78. The molecule has 1 amide bonds. The van der Waals surface area contributed by atoms with Crippen molar-refractivity contribution in [3.63, 3.8) is 0 Å². The molecule has 0 atom stereocenters. The van der Waals surface area contributed by atoms with Crippen LogP contribution in [0.2, 0.25) is 0 Å². The zero-order valence-electron chi connectivity index (χ0n) is 16.9. The number of carbonyl (C=O) groups excluding carboxylic acids is 1. The third-order valence-corrected chi connectivity index (χ3v) is 5.81. The highest BCUT2D eigenvalue weighted by atomic mass is 32.1. The summed E-state index contributed by atoms with van der Waals surface area (Å²) >= 11 is 1.34. The first-order valence-corrected chi connectivity index (χ1v) is 10.2. The lowest BCUT2D eigenvalue weighted by Crippen LogP contribution is -2.30. The van der Waals surface area contributed by atoms with E-state index < -0.39 is 5.69 Å². The zero-order chi connectivity index (χ0) is 22.0. The number of nitrogens with one attached hydrogen (secondary N) is 1. The molecule has 0 unspecified atom stereocenters. The number of methoxy groups -OCH3 is 2. The largest absolute Gasteiger partial charge is 0.497 e. The number of hydrogen-bond donors (Lipinski definition) is 2. The maximum atomic E-state index is 12.7. The number of para-hydroxylation sites is 2. The first-order valence-electron chi connectivity index (χ1n) is 9.36. The van der Waals surface area contributed by atoms with Crippen molar-refractivity contribution in [3.8, 4) is 22.6 Å². The summed E-state index contributed by atoms with van der Waals surface area (Å²) in [6.45, 7) is -0.205.